The molecule has 2 aliphatic heterocycles. The molecule has 0 saturated carbocycles. The van der Waals surface area contributed by atoms with Crippen LogP contribution in [-0.2, 0) is 14.3 Å². The number of ether oxygens (including phenoxy) is 3. The van der Waals surface area contributed by atoms with E-state index in [1.165, 1.54) is 0 Å². The number of rotatable bonds is 1. The van der Waals surface area contributed by atoms with Gasteiger partial charge in [0.1, 0.15) is 18.5 Å². The lowest BCUT2D eigenvalue weighted by Gasteiger charge is -2.36. The van der Waals surface area contributed by atoms with Crippen molar-refractivity contribution in [2.75, 3.05) is 40.9 Å². The Kier molecular flexibility index (Phi) is 7.88. The maximum atomic E-state index is 13.1. The van der Waals surface area contributed by atoms with Crippen molar-refractivity contribution in [2.45, 2.75) is 50.4 Å². The molecule has 3 atom stereocenters. The molecule has 2 amide bonds. The van der Waals surface area contributed by atoms with Crippen molar-refractivity contribution in [3.63, 3.8) is 0 Å². The molecule has 2 bridgehead atoms. The van der Waals surface area contributed by atoms with Gasteiger partial charge in [-0.1, -0.05) is 0 Å². The van der Waals surface area contributed by atoms with Crippen molar-refractivity contribution >= 4 is 11.8 Å². The van der Waals surface area contributed by atoms with E-state index in [0.717, 1.165) is 19.3 Å². The highest BCUT2D eigenvalue weighted by molar-refractivity contribution is 5.97. The van der Waals surface area contributed by atoms with Gasteiger partial charge in [0.2, 0.25) is 5.91 Å². The molecule has 1 aromatic rings. The third kappa shape index (κ3) is 5.75. The van der Waals surface area contributed by atoms with Gasteiger partial charge in [-0.2, -0.15) is 5.26 Å². The molecule has 1 saturated heterocycles. The molecule has 0 radical (unpaired) electrons. The Labute approximate surface area is 183 Å². The van der Waals surface area contributed by atoms with Gasteiger partial charge in [-0.25, -0.2) is 0 Å². The van der Waals surface area contributed by atoms with E-state index in [1.54, 1.807) is 49.2 Å². The number of carbonyl (C=O) groups is 2. The lowest BCUT2D eigenvalue weighted by Crippen LogP contribution is -2.44. The summed E-state index contributed by atoms with van der Waals surface area (Å²) >= 11 is 0. The molecular formula is C23H31N3O5. The van der Waals surface area contributed by atoms with Crippen molar-refractivity contribution < 1.29 is 23.8 Å². The summed E-state index contributed by atoms with van der Waals surface area (Å²) in [6.07, 6.45) is 3.04. The molecule has 1 fully saturated rings. The summed E-state index contributed by atoms with van der Waals surface area (Å²) < 4.78 is 17.9. The SMILES string of the molecule is CO[C@@H]1CC[C@H]2CCN(C)C(=O)CCCN(C)C(=O)c3cc(C#N)ccc3OC[C@H]1O2. The molecule has 31 heavy (non-hydrogen) atoms. The van der Waals surface area contributed by atoms with E-state index in [-0.39, 0.29) is 36.7 Å². The first kappa shape index (κ1) is 23.0. The van der Waals surface area contributed by atoms with Crippen LogP contribution in [0.1, 0.15) is 48.0 Å². The van der Waals surface area contributed by atoms with Crippen LogP contribution >= 0.6 is 0 Å². The van der Waals surface area contributed by atoms with E-state index >= 15 is 0 Å². The minimum atomic E-state index is -0.283. The molecule has 8 heteroatoms. The summed E-state index contributed by atoms with van der Waals surface area (Å²) in [6.45, 7) is 1.30. The number of hydrogen-bond acceptors (Lipinski definition) is 6. The van der Waals surface area contributed by atoms with Crippen LogP contribution in [-0.4, -0.2) is 80.8 Å². The normalized spacial score (nSPS) is 26.1. The number of nitriles is 1. The van der Waals surface area contributed by atoms with Gasteiger partial charge in [0.15, 0.2) is 0 Å². The Morgan fingerprint density at radius 1 is 1.13 bits per heavy atom. The Hall–Kier alpha value is -2.63. The number of nitrogens with zero attached hydrogens (tertiary/aromatic N) is 3. The maximum Gasteiger partial charge on any atom is 0.257 e. The average Bonchev–Trinajstić information content (AvgIpc) is 2.79. The molecule has 0 spiro atoms. The van der Waals surface area contributed by atoms with Crippen LogP contribution in [0.5, 0.6) is 5.75 Å². The summed E-state index contributed by atoms with van der Waals surface area (Å²) in [7, 11) is 5.16. The summed E-state index contributed by atoms with van der Waals surface area (Å²) in [6, 6.07) is 6.92. The highest BCUT2D eigenvalue weighted by Gasteiger charge is 2.32. The molecule has 3 rings (SSSR count). The number of carbonyl (C=O) groups excluding carboxylic acids is 2. The highest BCUT2D eigenvalue weighted by Crippen LogP contribution is 2.27. The Bertz CT molecular complexity index is 837. The first-order chi connectivity index (χ1) is 14.9. The van der Waals surface area contributed by atoms with Crippen LogP contribution in [0.4, 0.5) is 0 Å². The monoisotopic (exact) mass is 429 g/mol. The fourth-order valence-corrected chi connectivity index (χ4v) is 4.06. The average molecular weight is 430 g/mol. The third-order valence-corrected chi connectivity index (χ3v) is 6.04. The summed E-state index contributed by atoms with van der Waals surface area (Å²) in [5.41, 5.74) is 0.720. The Morgan fingerprint density at radius 3 is 2.68 bits per heavy atom. The minimum Gasteiger partial charge on any atom is -0.490 e. The maximum absolute atomic E-state index is 13.1. The minimum absolute atomic E-state index is 0.0244. The van der Waals surface area contributed by atoms with Crippen LogP contribution < -0.4 is 4.74 Å². The predicted molar refractivity (Wildman–Crippen MR) is 114 cm³/mol. The van der Waals surface area contributed by atoms with Crippen LogP contribution in [0.25, 0.3) is 0 Å². The van der Waals surface area contributed by atoms with E-state index in [1.807, 2.05) is 0 Å². The summed E-state index contributed by atoms with van der Waals surface area (Å²) in [4.78, 5) is 28.8. The fraction of sp³-hybridized carbons (Fsp3) is 0.609. The quantitative estimate of drug-likeness (QED) is 0.680. The van der Waals surface area contributed by atoms with E-state index in [4.69, 9.17) is 14.2 Å². The second-order valence-electron chi connectivity index (χ2n) is 8.22. The summed E-state index contributed by atoms with van der Waals surface area (Å²) in [5, 5.41) is 9.27. The van der Waals surface area contributed by atoms with E-state index in [2.05, 4.69) is 6.07 Å². The van der Waals surface area contributed by atoms with Gasteiger partial charge in [0, 0.05) is 40.7 Å². The van der Waals surface area contributed by atoms with Crippen LogP contribution in [0.15, 0.2) is 18.2 Å². The molecular weight excluding hydrogens is 398 g/mol. The zero-order chi connectivity index (χ0) is 22.4. The fourth-order valence-electron chi connectivity index (χ4n) is 4.06. The molecule has 2 heterocycles. The second-order valence-corrected chi connectivity index (χ2v) is 8.22. The first-order valence-electron chi connectivity index (χ1n) is 10.8. The van der Waals surface area contributed by atoms with Gasteiger partial charge in [0.25, 0.3) is 5.91 Å². The lowest BCUT2D eigenvalue weighted by atomic mass is 9.99. The van der Waals surface area contributed by atoms with Crippen molar-refractivity contribution in [3.8, 4) is 11.8 Å². The van der Waals surface area contributed by atoms with E-state index < -0.39 is 0 Å². The highest BCUT2D eigenvalue weighted by atomic mass is 16.6. The van der Waals surface area contributed by atoms with Crippen LogP contribution in [0.3, 0.4) is 0 Å². The molecule has 0 unspecified atom stereocenters. The largest absolute Gasteiger partial charge is 0.490 e. The van der Waals surface area contributed by atoms with Gasteiger partial charge in [0.05, 0.1) is 29.4 Å². The molecule has 0 aromatic heterocycles. The van der Waals surface area contributed by atoms with Crippen molar-refractivity contribution in [1.82, 2.24) is 9.80 Å². The van der Waals surface area contributed by atoms with Crippen LogP contribution in [0.2, 0.25) is 0 Å². The molecule has 0 N–H and O–H groups in total. The summed E-state index contributed by atoms with van der Waals surface area (Å²) in [5.74, 6) is 0.232. The molecule has 1 aromatic carbocycles. The van der Waals surface area contributed by atoms with Gasteiger partial charge < -0.3 is 24.0 Å². The third-order valence-electron chi connectivity index (χ3n) is 6.04. The lowest BCUT2D eigenvalue weighted by molar-refractivity contribution is -0.145. The number of benzene rings is 1. The van der Waals surface area contributed by atoms with Gasteiger partial charge in [-0.3, -0.25) is 9.59 Å². The Balaban J connectivity index is 1.87. The standard InChI is InChI=1S/C23H31N3O5/c1-25-12-10-17-7-9-20(29-3)21(31-17)15-30-19-8-6-16(14-24)13-18(19)23(28)26(2)11-4-5-22(25)27/h6,8,13,17,20-21H,4-5,7,9-12,15H2,1-3H3/t17-,20+,21+/m0/s1. The van der Waals surface area contributed by atoms with Crippen LogP contribution in [0, 0.1) is 11.3 Å². The molecule has 168 valence electrons. The second kappa shape index (κ2) is 10.6. The molecule has 8 nitrogen and oxygen atoms in total. The smallest absolute Gasteiger partial charge is 0.257 e. The number of fused-ring (bicyclic) bond motifs is 3. The molecule has 2 aliphatic rings. The van der Waals surface area contributed by atoms with Gasteiger partial charge in [-0.05, 0) is 43.9 Å². The zero-order valence-corrected chi connectivity index (χ0v) is 18.5. The van der Waals surface area contributed by atoms with Crippen molar-refractivity contribution in [2.24, 2.45) is 0 Å². The topological polar surface area (TPSA) is 92.1 Å². The zero-order valence-electron chi connectivity index (χ0n) is 18.5. The first-order valence-corrected chi connectivity index (χ1v) is 10.8. The number of amides is 2. The number of methoxy groups -OCH3 is 1. The van der Waals surface area contributed by atoms with Gasteiger partial charge >= 0.3 is 0 Å². The Morgan fingerprint density at radius 2 is 1.94 bits per heavy atom. The predicted octanol–water partition coefficient (Wildman–Crippen LogP) is 2.21. The van der Waals surface area contributed by atoms with E-state index in [0.29, 0.717) is 42.8 Å². The van der Waals surface area contributed by atoms with Gasteiger partial charge in [-0.15, -0.1) is 0 Å². The van der Waals surface area contributed by atoms with Crippen molar-refractivity contribution in [1.29, 1.82) is 5.26 Å². The van der Waals surface area contributed by atoms with E-state index in [9.17, 15) is 14.9 Å². The molecule has 0 aliphatic carbocycles. The van der Waals surface area contributed by atoms with Crippen molar-refractivity contribution in [3.05, 3.63) is 29.3 Å². The number of hydrogen-bond donors (Lipinski definition) is 0.